The molecule has 2 aromatic heterocycles. The molecule has 1 atom stereocenters. The van der Waals surface area contributed by atoms with Crippen LogP contribution >= 0.6 is 23.4 Å². The maximum atomic E-state index is 12.6. The highest BCUT2D eigenvalue weighted by Crippen LogP contribution is 2.35. The fourth-order valence-electron chi connectivity index (χ4n) is 3.39. The molecule has 0 amide bonds. The molecule has 0 fully saturated rings. The van der Waals surface area contributed by atoms with Gasteiger partial charge < -0.3 is 14.6 Å². The number of hydrogen-bond donors (Lipinski definition) is 1. The first-order valence-electron chi connectivity index (χ1n) is 11.0. The first-order chi connectivity index (χ1) is 15.9. The van der Waals surface area contributed by atoms with Gasteiger partial charge in [0.1, 0.15) is 27.6 Å². The Bertz CT molecular complexity index is 1120. The van der Waals surface area contributed by atoms with Crippen molar-refractivity contribution in [2.75, 3.05) is 0 Å². The number of benzene rings is 1. The van der Waals surface area contributed by atoms with Crippen molar-refractivity contribution in [3.05, 3.63) is 70.1 Å². The Balaban J connectivity index is 1.73. The number of aryl methyl sites for hydroxylation is 2. The van der Waals surface area contributed by atoms with Crippen molar-refractivity contribution in [1.82, 2.24) is 20.4 Å². The van der Waals surface area contributed by atoms with E-state index in [1.165, 1.54) is 18.1 Å². The Labute approximate surface area is 210 Å². The number of ether oxygens (including phenoxy) is 1. The molecule has 182 valence electrons. The number of nitrogens with one attached hydrogen (secondary N) is 1. The third-order valence-corrected chi connectivity index (χ3v) is 6.42. The smallest absolute Gasteiger partial charge is 0.322 e. The third kappa shape index (κ3) is 6.81. The first kappa shape index (κ1) is 26.2. The minimum atomic E-state index is -0.701. The van der Waals surface area contributed by atoms with Crippen LogP contribution in [0.2, 0.25) is 5.15 Å². The van der Waals surface area contributed by atoms with Gasteiger partial charge in [-0.2, -0.15) is 0 Å². The van der Waals surface area contributed by atoms with Crippen LogP contribution in [0.1, 0.15) is 68.9 Å². The molecule has 0 saturated heterocycles. The van der Waals surface area contributed by atoms with Crippen LogP contribution in [0.5, 0.6) is 0 Å². The predicted octanol–water partition coefficient (Wildman–Crippen LogP) is 5.83. The Kier molecular flexibility index (Phi) is 8.06. The van der Waals surface area contributed by atoms with Gasteiger partial charge in [-0.3, -0.25) is 4.79 Å². The summed E-state index contributed by atoms with van der Waals surface area (Å²) >= 11 is 7.60. The molecule has 34 heavy (non-hydrogen) atoms. The van der Waals surface area contributed by atoms with Gasteiger partial charge in [0.25, 0.3) is 0 Å². The predicted molar refractivity (Wildman–Crippen MR) is 134 cm³/mol. The lowest BCUT2D eigenvalue weighted by atomic mass is 10.0. The van der Waals surface area contributed by atoms with E-state index in [2.05, 4.69) is 20.4 Å². The number of thioether (sulfide) groups is 1. The summed E-state index contributed by atoms with van der Waals surface area (Å²) in [6.45, 7) is 13.7. The number of hydrogen-bond acceptors (Lipinski definition) is 8. The standard InChI is InChI=1S/C25H31ClN4O3S/c1-15-21(16(2)33-30-15)22(19-12-20(26)29-14-28-19)27-13-17-8-10-18(11-9-17)34-25(6,7)23(31)32-24(3,4)5/h8-12,14,22,27H,13H2,1-7H3. The second-order valence-corrected chi connectivity index (χ2v) is 11.7. The second kappa shape index (κ2) is 10.5. The molecule has 0 radical (unpaired) electrons. The van der Waals surface area contributed by atoms with Gasteiger partial charge in [0.05, 0.1) is 17.4 Å². The number of aromatic nitrogens is 3. The number of halogens is 1. The number of rotatable bonds is 8. The zero-order valence-corrected chi connectivity index (χ0v) is 22.2. The van der Waals surface area contributed by atoms with Crippen molar-refractivity contribution in [2.24, 2.45) is 0 Å². The monoisotopic (exact) mass is 502 g/mol. The lowest BCUT2D eigenvalue weighted by Crippen LogP contribution is -2.36. The molecular weight excluding hydrogens is 472 g/mol. The Morgan fingerprint density at radius 2 is 1.82 bits per heavy atom. The molecule has 0 saturated carbocycles. The summed E-state index contributed by atoms with van der Waals surface area (Å²) in [6, 6.07) is 9.59. The molecule has 1 unspecified atom stereocenters. The van der Waals surface area contributed by atoms with E-state index in [1.54, 1.807) is 6.07 Å². The maximum Gasteiger partial charge on any atom is 0.322 e. The molecule has 0 aliphatic carbocycles. The zero-order valence-electron chi connectivity index (χ0n) is 20.6. The van der Waals surface area contributed by atoms with E-state index in [9.17, 15) is 4.79 Å². The van der Waals surface area contributed by atoms with E-state index >= 15 is 0 Å². The number of carbonyl (C=O) groups excluding carboxylic acids is 1. The van der Waals surface area contributed by atoms with E-state index in [0.717, 1.165) is 33.2 Å². The van der Waals surface area contributed by atoms with Crippen LogP contribution < -0.4 is 5.32 Å². The summed E-state index contributed by atoms with van der Waals surface area (Å²) in [4.78, 5) is 22.0. The van der Waals surface area contributed by atoms with E-state index < -0.39 is 10.3 Å². The van der Waals surface area contributed by atoms with Crippen molar-refractivity contribution in [2.45, 2.75) is 76.3 Å². The second-order valence-electron chi connectivity index (χ2n) is 9.58. The van der Waals surface area contributed by atoms with Crippen LogP contribution in [0, 0.1) is 13.8 Å². The van der Waals surface area contributed by atoms with Gasteiger partial charge in [-0.05, 0) is 72.2 Å². The van der Waals surface area contributed by atoms with Crippen LogP contribution in [-0.2, 0) is 16.1 Å². The van der Waals surface area contributed by atoms with Gasteiger partial charge in [0.2, 0.25) is 0 Å². The van der Waals surface area contributed by atoms with Crippen LogP contribution in [0.3, 0.4) is 0 Å². The van der Waals surface area contributed by atoms with Crippen LogP contribution in [-0.4, -0.2) is 31.4 Å². The highest BCUT2D eigenvalue weighted by molar-refractivity contribution is 8.01. The van der Waals surface area contributed by atoms with Crippen LogP contribution in [0.4, 0.5) is 0 Å². The average Bonchev–Trinajstić information content (AvgIpc) is 3.06. The third-order valence-electron chi connectivity index (χ3n) is 5.03. The molecule has 2 heterocycles. The summed E-state index contributed by atoms with van der Waals surface area (Å²) in [5.41, 5.74) is 3.02. The van der Waals surface area contributed by atoms with E-state index in [4.69, 9.17) is 20.9 Å². The van der Waals surface area contributed by atoms with E-state index in [-0.39, 0.29) is 12.0 Å². The highest BCUT2D eigenvalue weighted by atomic mass is 35.5. The molecule has 3 rings (SSSR count). The summed E-state index contributed by atoms with van der Waals surface area (Å²) in [7, 11) is 0. The molecule has 0 aliphatic heterocycles. The molecule has 1 aromatic carbocycles. The Morgan fingerprint density at radius 1 is 1.15 bits per heavy atom. The molecular formula is C25H31ClN4O3S. The van der Waals surface area contributed by atoms with E-state index in [0.29, 0.717) is 11.7 Å². The molecule has 7 nitrogen and oxygen atoms in total. The molecule has 0 spiro atoms. The number of carbonyl (C=O) groups is 1. The van der Waals surface area contributed by atoms with Gasteiger partial charge in [-0.15, -0.1) is 11.8 Å². The van der Waals surface area contributed by atoms with Crippen molar-refractivity contribution in [3.8, 4) is 0 Å². The van der Waals surface area contributed by atoms with Crippen molar-refractivity contribution in [3.63, 3.8) is 0 Å². The average molecular weight is 503 g/mol. The van der Waals surface area contributed by atoms with Gasteiger partial charge in [-0.1, -0.05) is 28.9 Å². The lowest BCUT2D eigenvalue weighted by Gasteiger charge is -2.28. The maximum absolute atomic E-state index is 12.6. The van der Waals surface area contributed by atoms with Gasteiger partial charge in [-0.25, -0.2) is 9.97 Å². The molecule has 3 aromatic rings. The molecule has 0 aliphatic rings. The van der Waals surface area contributed by atoms with Gasteiger partial charge in [0, 0.05) is 17.0 Å². The molecule has 0 bridgehead atoms. The topological polar surface area (TPSA) is 90.1 Å². The summed E-state index contributed by atoms with van der Waals surface area (Å²) in [5, 5.41) is 8.01. The van der Waals surface area contributed by atoms with Gasteiger partial charge in [0.15, 0.2) is 0 Å². The highest BCUT2D eigenvalue weighted by Gasteiger charge is 2.33. The normalized spacial score (nSPS) is 13.1. The quantitative estimate of drug-likeness (QED) is 0.234. The van der Waals surface area contributed by atoms with Crippen LogP contribution in [0.15, 0.2) is 46.1 Å². The lowest BCUT2D eigenvalue weighted by molar-refractivity contribution is -0.156. The van der Waals surface area contributed by atoms with Gasteiger partial charge >= 0.3 is 5.97 Å². The number of esters is 1. The van der Waals surface area contributed by atoms with E-state index in [1.807, 2.05) is 72.7 Å². The minimum Gasteiger partial charge on any atom is -0.459 e. The number of nitrogens with zero attached hydrogens (tertiary/aromatic N) is 3. The largest absolute Gasteiger partial charge is 0.459 e. The Hall–Kier alpha value is -2.42. The minimum absolute atomic E-state index is 0.235. The van der Waals surface area contributed by atoms with Crippen molar-refractivity contribution in [1.29, 1.82) is 0 Å². The fraction of sp³-hybridized carbons (Fsp3) is 0.440. The summed E-state index contributed by atoms with van der Waals surface area (Å²) in [6.07, 6.45) is 1.45. The Morgan fingerprint density at radius 3 is 2.38 bits per heavy atom. The summed E-state index contributed by atoms with van der Waals surface area (Å²) < 4.78 is 10.3. The van der Waals surface area contributed by atoms with Crippen molar-refractivity contribution >= 4 is 29.3 Å². The van der Waals surface area contributed by atoms with Crippen molar-refractivity contribution < 1.29 is 14.1 Å². The SMILES string of the molecule is Cc1noc(C)c1C(NCc1ccc(SC(C)(C)C(=O)OC(C)(C)C)cc1)c1cc(Cl)ncn1. The first-order valence-corrected chi connectivity index (χ1v) is 12.2. The zero-order chi connectivity index (χ0) is 25.1. The van der Waals surface area contributed by atoms with Crippen LogP contribution in [0.25, 0.3) is 0 Å². The fourth-order valence-corrected chi connectivity index (χ4v) is 4.54. The molecule has 1 N–H and O–H groups in total. The summed E-state index contributed by atoms with van der Waals surface area (Å²) in [5.74, 6) is 0.488. The molecule has 9 heteroatoms.